The molecule has 0 radical (unpaired) electrons. The van der Waals surface area contributed by atoms with Gasteiger partial charge in [-0.25, -0.2) is 0 Å². The fraction of sp³-hybridized carbons (Fsp3) is 0.818. The van der Waals surface area contributed by atoms with Gasteiger partial charge in [-0.05, 0) is 33.1 Å². The molecule has 1 atom stereocenters. The first-order valence-corrected chi connectivity index (χ1v) is 6.05. The molecule has 0 spiro atoms. The van der Waals surface area contributed by atoms with E-state index in [9.17, 15) is 4.79 Å². The summed E-state index contributed by atoms with van der Waals surface area (Å²) in [4.78, 5) is 11.9. The lowest BCUT2D eigenvalue weighted by Gasteiger charge is -2.25. The minimum atomic E-state index is -0.608. The van der Waals surface area contributed by atoms with E-state index < -0.39 is 5.54 Å². The van der Waals surface area contributed by atoms with Gasteiger partial charge >= 0.3 is 0 Å². The first-order valence-electron chi connectivity index (χ1n) is 5.64. The Morgan fingerprint density at radius 1 is 1.62 bits per heavy atom. The van der Waals surface area contributed by atoms with Gasteiger partial charge in [-0.1, -0.05) is 12.2 Å². The summed E-state index contributed by atoms with van der Waals surface area (Å²) in [5, 5.41) is 2.82. The van der Waals surface area contributed by atoms with E-state index >= 15 is 0 Å². The van der Waals surface area contributed by atoms with Crippen LogP contribution >= 0.6 is 12.2 Å². The summed E-state index contributed by atoms with van der Waals surface area (Å²) in [6.45, 7) is 4.43. The summed E-state index contributed by atoms with van der Waals surface area (Å²) in [5.41, 5.74) is 4.92. The maximum Gasteiger partial charge on any atom is 0.220 e. The molecule has 0 bridgehead atoms. The molecule has 0 saturated carbocycles. The van der Waals surface area contributed by atoms with E-state index in [-0.39, 0.29) is 12.0 Å². The number of hydrogen-bond acceptors (Lipinski definition) is 3. The quantitative estimate of drug-likeness (QED) is 0.712. The van der Waals surface area contributed by atoms with Crippen molar-refractivity contribution in [2.45, 2.75) is 51.2 Å². The van der Waals surface area contributed by atoms with Gasteiger partial charge in [-0.15, -0.1) is 0 Å². The summed E-state index contributed by atoms with van der Waals surface area (Å²) >= 11 is 4.88. The van der Waals surface area contributed by atoms with Crippen LogP contribution in [0.3, 0.4) is 0 Å². The summed E-state index contributed by atoms with van der Waals surface area (Å²) < 4.78 is 5.45. The Morgan fingerprint density at radius 2 is 2.31 bits per heavy atom. The molecule has 0 aromatic heterocycles. The van der Waals surface area contributed by atoms with Crippen molar-refractivity contribution in [1.29, 1.82) is 0 Å². The third kappa shape index (κ3) is 4.06. The maximum absolute atomic E-state index is 11.6. The van der Waals surface area contributed by atoms with Crippen LogP contribution in [0, 0.1) is 0 Å². The fourth-order valence-electron chi connectivity index (χ4n) is 1.64. The van der Waals surface area contributed by atoms with Crippen molar-refractivity contribution in [2.75, 3.05) is 6.61 Å². The maximum atomic E-state index is 11.6. The van der Waals surface area contributed by atoms with Crippen LogP contribution in [0.1, 0.15) is 39.5 Å². The van der Waals surface area contributed by atoms with Gasteiger partial charge in [-0.2, -0.15) is 0 Å². The highest BCUT2D eigenvalue weighted by Crippen LogP contribution is 2.16. The van der Waals surface area contributed by atoms with Gasteiger partial charge in [0, 0.05) is 13.0 Å². The van der Waals surface area contributed by atoms with Crippen molar-refractivity contribution in [2.24, 2.45) is 5.73 Å². The smallest absolute Gasteiger partial charge is 0.220 e. The van der Waals surface area contributed by atoms with Gasteiger partial charge in [0.1, 0.15) is 0 Å². The molecule has 3 N–H and O–H groups in total. The van der Waals surface area contributed by atoms with Crippen LogP contribution in [0.5, 0.6) is 0 Å². The Labute approximate surface area is 102 Å². The number of nitrogens with two attached hydrogens (primary N) is 1. The van der Waals surface area contributed by atoms with Crippen molar-refractivity contribution in [3.63, 3.8) is 0 Å². The lowest BCUT2D eigenvalue weighted by molar-refractivity contribution is -0.122. The highest BCUT2D eigenvalue weighted by Gasteiger charge is 2.24. The number of thiocarbonyl (C=S) groups is 1. The molecular formula is C11H20N2O2S. The molecule has 0 aliphatic carbocycles. The normalized spacial score (nSPS) is 20.8. The van der Waals surface area contributed by atoms with Crippen molar-refractivity contribution in [3.05, 3.63) is 0 Å². The van der Waals surface area contributed by atoms with Crippen LogP contribution in [0.25, 0.3) is 0 Å². The van der Waals surface area contributed by atoms with E-state index in [0.29, 0.717) is 11.4 Å². The number of nitrogens with one attached hydrogen (secondary N) is 1. The van der Waals surface area contributed by atoms with E-state index in [1.165, 1.54) is 0 Å². The third-order valence-electron chi connectivity index (χ3n) is 2.79. The number of ether oxygens (including phenoxy) is 1. The molecule has 92 valence electrons. The standard InChI is InChI=1S/C11H20N2O2S/c1-11(2,10(12)16)13-9(14)6-5-8-4-3-7-15-8/h8H,3-7H2,1-2H3,(H2,12,16)(H,13,14). The summed E-state index contributed by atoms with van der Waals surface area (Å²) in [6, 6.07) is 0. The van der Waals surface area contributed by atoms with E-state index in [0.717, 1.165) is 25.9 Å². The monoisotopic (exact) mass is 244 g/mol. The lowest BCUT2D eigenvalue weighted by atomic mass is 10.0. The molecule has 1 saturated heterocycles. The molecule has 0 aromatic carbocycles. The second-order valence-electron chi connectivity index (χ2n) is 4.71. The molecule has 0 aromatic rings. The Balaban J connectivity index is 2.27. The summed E-state index contributed by atoms with van der Waals surface area (Å²) in [5.74, 6) is -0.0201. The van der Waals surface area contributed by atoms with Crippen molar-refractivity contribution < 1.29 is 9.53 Å². The van der Waals surface area contributed by atoms with Crippen molar-refractivity contribution >= 4 is 23.1 Å². The molecule has 1 rings (SSSR count). The zero-order chi connectivity index (χ0) is 12.2. The average molecular weight is 244 g/mol. The molecule has 5 heteroatoms. The van der Waals surface area contributed by atoms with E-state index in [1.807, 2.05) is 0 Å². The van der Waals surface area contributed by atoms with Crippen LogP contribution in [-0.4, -0.2) is 29.1 Å². The van der Waals surface area contributed by atoms with Gasteiger partial charge in [0.15, 0.2) is 0 Å². The molecule has 16 heavy (non-hydrogen) atoms. The second-order valence-corrected chi connectivity index (χ2v) is 5.15. The second kappa shape index (κ2) is 5.59. The van der Waals surface area contributed by atoms with Gasteiger partial charge in [-0.3, -0.25) is 4.79 Å². The minimum Gasteiger partial charge on any atom is -0.391 e. The Kier molecular flexibility index (Phi) is 4.68. The topological polar surface area (TPSA) is 64.3 Å². The van der Waals surface area contributed by atoms with Crippen molar-refractivity contribution in [1.82, 2.24) is 5.32 Å². The predicted molar refractivity (Wildman–Crippen MR) is 67.2 cm³/mol. The van der Waals surface area contributed by atoms with Gasteiger partial charge in [0.2, 0.25) is 5.91 Å². The Hall–Kier alpha value is -0.680. The van der Waals surface area contributed by atoms with Crippen molar-refractivity contribution in [3.8, 4) is 0 Å². The first-order chi connectivity index (χ1) is 7.42. The number of carbonyl (C=O) groups excluding carboxylic acids is 1. The molecule has 1 unspecified atom stereocenters. The zero-order valence-electron chi connectivity index (χ0n) is 9.91. The third-order valence-corrected chi connectivity index (χ3v) is 3.30. The Morgan fingerprint density at radius 3 is 2.81 bits per heavy atom. The molecule has 1 aliphatic rings. The molecular weight excluding hydrogens is 224 g/mol. The largest absolute Gasteiger partial charge is 0.391 e. The predicted octanol–water partition coefficient (Wildman–Crippen LogP) is 1.13. The van der Waals surface area contributed by atoms with E-state index in [2.05, 4.69) is 5.32 Å². The van der Waals surface area contributed by atoms with Crippen LogP contribution in [0.15, 0.2) is 0 Å². The fourth-order valence-corrected chi connectivity index (χ4v) is 1.69. The number of rotatable bonds is 5. The van der Waals surface area contributed by atoms with Gasteiger partial charge in [0.25, 0.3) is 0 Å². The Bertz CT molecular complexity index is 273. The molecule has 4 nitrogen and oxygen atoms in total. The summed E-state index contributed by atoms with van der Waals surface area (Å²) in [6.07, 6.45) is 3.66. The zero-order valence-corrected chi connectivity index (χ0v) is 10.7. The highest BCUT2D eigenvalue weighted by atomic mass is 32.1. The summed E-state index contributed by atoms with van der Waals surface area (Å²) in [7, 11) is 0. The van der Waals surface area contributed by atoms with Crippen LogP contribution in [-0.2, 0) is 9.53 Å². The SMILES string of the molecule is CC(C)(NC(=O)CCC1CCCO1)C(N)=S. The van der Waals surface area contributed by atoms with E-state index in [1.54, 1.807) is 13.8 Å². The molecule has 1 fully saturated rings. The van der Waals surface area contributed by atoms with Crippen LogP contribution < -0.4 is 11.1 Å². The molecule has 1 amide bonds. The number of amides is 1. The highest BCUT2D eigenvalue weighted by molar-refractivity contribution is 7.80. The number of hydrogen-bond donors (Lipinski definition) is 2. The van der Waals surface area contributed by atoms with E-state index in [4.69, 9.17) is 22.7 Å². The van der Waals surface area contributed by atoms with Gasteiger partial charge in [0.05, 0.1) is 16.6 Å². The first kappa shape index (κ1) is 13.4. The lowest BCUT2D eigenvalue weighted by Crippen LogP contribution is -2.52. The number of carbonyl (C=O) groups is 1. The van der Waals surface area contributed by atoms with Crippen LogP contribution in [0.2, 0.25) is 0 Å². The minimum absolute atomic E-state index is 0.0201. The van der Waals surface area contributed by atoms with Crippen LogP contribution in [0.4, 0.5) is 0 Å². The van der Waals surface area contributed by atoms with Gasteiger partial charge < -0.3 is 15.8 Å². The molecule has 1 heterocycles. The average Bonchev–Trinajstić information content (AvgIpc) is 2.66. The molecule has 1 aliphatic heterocycles.